The number of aryl methyl sites for hydroxylation is 1. The average molecular weight is 330 g/mol. The van der Waals surface area contributed by atoms with Crippen LogP contribution >= 0.6 is 0 Å². The van der Waals surface area contributed by atoms with Gasteiger partial charge in [0.2, 0.25) is 0 Å². The predicted molar refractivity (Wildman–Crippen MR) is 89.3 cm³/mol. The van der Waals surface area contributed by atoms with E-state index in [9.17, 15) is 8.78 Å². The second-order valence-electron chi connectivity index (χ2n) is 5.34. The molecule has 3 aromatic rings. The quantitative estimate of drug-likeness (QED) is 0.415. The highest BCUT2D eigenvalue weighted by Gasteiger charge is 2.05. The van der Waals surface area contributed by atoms with Crippen LogP contribution in [-0.4, -0.2) is 4.98 Å². The van der Waals surface area contributed by atoms with E-state index in [1.165, 1.54) is 12.1 Å². The van der Waals surface area contributed by atoms with Gasteiger partial charge < -0.3 is 5.32 Å². The molecule has 0 fully saturated rings. The first-order valence-electron chi connectivity index (χ1n) is 7.45. The monoisotopic (exact) mass is 330 g/mol. The zero-order valence-corrected chi connectivity index (χ0v) is 13.1. The van der Waals surface area contributed by atoms with E-state index in [0.29, 0.717) is 5.56 Å². The van der Waals surface area contributed by atoms with E-state index >= 15 is 0 Å². The molecular weight excluding hydrogens is 312 g/mol. The van der Waals surface area contributed by atoms with Gasteiger partial charge in [-0.2, -0.15) is 5.43 Å². The van der Waals surface area contributed by atoms with Crippen LogP contribution < -0.4 is 20.7 Å². The molecule has 124 valence electrons. The molecule has 0 spiro atoms. The van der Waals surface area contributed by atoms with Crippen LogP contribution in [0.15, 0.2) is 54.9 Å². The molecule has 0 saturated heterocycles. The van der Waals surface area contributed by atoms with Gasteiger partial charge >= 0.3 is 5.95 Å². The molecule has 0 radical (unpaired) electrons. The van der Waals surface area contributed by atoms with Gasteiger partial charge in [0, 0.05) is 23.9 Å². The first kappa shape index (κ1) is 15.8. The van der Waals surface area contributed by atoms with Gasteiger partial charge in [-0.25, -0.2) is 18.3 Å². The van der Waals surface area contributed by atoms with E-state index in [1.807, 2.05) is 48.3 Å². The van der Waals surface area contributed by atoms with Crippen LogP contribution in [0.5, 0.6) is 0 Å². The van der Waals surface area contributed by atoms with Crippen LogP contribution in [0.2, 0.25) is 0 Å². The van der Waals surface area contributed by atoms with Gasteiger partial charge in [-0.05, 0) is 30.3 Å². The van der Waals surface area contributed by atoms with Gasteiger partial charge in [0.25, 0.3) is 0 Å². The predicted octanol–water partition coefficient (Wildman–Crippen LogP) is 3.17. The summed E-state index contributed by atoms with van der Waals surface area (Å²) in [7, 11) is 1.92. The van der Waals surface area contributed by atoms with Gasteiger partial charge in [0.1, 0.15) is 11.6 Å². The molecule has 4 N–H and O–H groups in total. The van der Waals surface area contributed by atoms with Crippen molar-refractivity contribution in [3.05, 3.63) is 72.1 Å². The second kappa shape index (κ2) is 6.99. The first-order chi connectivity index (χ1) is 11.6. The number of nitrogens with zero attached hydrogens (tertiary/aromatic N) is 1. The number of imidazole rings is 1. The zero-order chi connectivity index (χ0) is 16.9. The highest BCUT2D eigenvalue weighted by molar-refractivity contribution is 5.55. The zero-order valence-electron chi connectivity index (χ0n) is 13.1. The van der Waals surface area contributed by atoms with Crippen LogP contribution in [0, 0.1) is 11.6 Å². The normalized spacial score (nSPS) is 10.5. The van der Waals surface area contributed by atoms with Gasteiger partial charge in [0.15, 0.2) is 0 Å². The fourth-order valence-electron chi connectivity index (χ4n) is 2.19. The lowest BCUT2D eigenvalue weighted by Crippen LogP contribution is -2.31. The fraction of sp³-hybridized carbons (Fsp3) is 0.118. The number of benzene rings is 2. The van der Waals surface area contributed by atoms with Crippen molar-refractivity contribution in [2.45, 2.75) is 6.54 Å². The Morgan fingerprint density at radius 2 is 1.75 bits per heavy atom. The van der Waals surface area contributed by atoms with Crippen molar-refractivity contribution in [3.63, 3.8) is 0 Å². The minimum Gasteiger partial charge on any atom is -0.381 e. The topological polar surface area (TPSA) is 55.8 Å². The first-order valence-corrected chi connectivity index (χ1v) is 7.45. The molecule has 5 nitrogen and oxygen atoms in total. The summed E-state index contributed by atoms with van der Waals surface area (Å²) < 4.78 is 28.4. The summed E-state index contributed by atoms with van der Waals surface area (Å²) in [4.78, 5) is 3.05. The summed E-state index contributed by atoms with van der Waals surface area (Å²) in [5, 5.41) is 3.11. The maximum absolute atomic E-state index is 13.6. The maximum Gasteiger partial charge on any atom is 0.376 e. The third-order valence-electron chi connectivity index (χ3n) is 3.58. The Balaban J connectivity index is 1.55. The number of hydrazine groups is 1. The van der Waals surface area contributed by atoms with Crippen LogP contribution in [0.4, 0.5) is 26.1 Å². The number of H-pyrrole nitrogens is 1. The summed E-state index contributed by atoms with van der Waals surface area (Å²) in [6.45, 7) is 0.287. The van der Waals surface area contributed by atoms with E-state index in [4.69, 9.17) is 0 Å². The minimum atomic E-state index is -0.574. The molecular formula is C17H18F2N5+. The molecule has 7 heteroatoms. The van der Waals surface area contributed by atoms with Crippen molar-refractivity contribution in [3.8, 4) is 0 Å². The number of rotatable bonds is 6. The Kier molecular flexibility index (Phi) is 4.60. The largest absolute Gasteiger partial charge is 0.381 e. The van der Waals surface area contributed by atoms with E-state index in [2.05, 4.69) is 21.2 Å². The minimum absolute atomic E-state index is 0.287. The molecule has 0 bridgehead atoms. The Morgan fingerprint density at radius 3 is 2.42 bits per heavy atom. The molecule has 0 aliphatic carbocycles. The second-order valence-corrected chi connectivity index (χ2v) is 5.34. The molecule has 2 aromatic carbocycles. The highest BCUT2D eigenvalue weighted by atomic mass is 19.1. The summed E-state index contributed by atoms with van der Waals surface area (Å²) in [5.74, 6) is -0.303. The fourth-order valence-corrected chi connectivity index (χ4v) is 2.19. The van der Waals surface area contributed by atoms with Crippen LogP contribution in [0.1, 0.15) is 5.56 Å². The third kappa shape index (κ3) is 3.81. The maximum atomic E-state index is 13.6. The van der Waals surface area contributed by atoms with E-state index in [-0.39, 0.29) is 6.54 Å². The lowest BCUT2D eigenvalue weighted by Gasteiger charge is -2.09. The number of anilines is 3. The number of aromatic nitrogens is 2. The van der Waals surface area contributed by atoms with Crippen LogP contribution in [-0.2, 0) is 13.6 Å². The van der Waals surface area contributed by atoms with Crippen LogP contribution in [0.3, 0.4) is 0 Å². The molecule has 1 aromatic heterocycles. The van der Waals surface area contributed by atoms with E-state index in [0.717, 1.165) is 23.4 Å². The summed E-state index contributed by atoms with van der Waals surface area (Å²) >= 11 is 0. The SMILES string of the molecule is C[n+]1cc[nH]c1NNc1ccc(NCc2ccc(F)cc2F)cc1. The van der Waals surface area contributed by atoms with E-state index in [1.54, 1.807) is 0 Å². The molecule has 1 heterocycles. The molecule has 24 heavy (non-hydrogen) atoms. The molecule has 0 aliphatic rings. The number of hydrogen-bond acceptors (Lipinski definition) is 3. The van der Waals surface area contributed by atoms with E-state index < -0.39 is 11.6 Å². The highest BCUT2D eigenvalue weighted by Crippen LogP contribution is 2.16. The Bertz CT molecular complexity index is 814. The molecule has 0 unspecified atom stereocenters. The summed E-state index contributed by atoms with van der Waals surface area (Å²) in [6, 6.07) is 11.1. The van der Waals surface area contributed by atoms with Crippen molar-refractivity contribution in [1.82, 2.24) is 4.98 Å². The van der Waals surface area contributed by atoms with Gasteiger partial charge in [-0.15, -0.1) is 0 Å². The number of nitrogens with one attached hydrogen (secondary N) is 4. The smallest absolute Gasteiger partial charge is 0.376 e. The number of hydrogen-bond donors (Lipinski definition) is 4. The Morgan fingerprint density at radius 1 is 1.00 bits per heavy atom. The Hall–Kier alpha value is -3.09. The lowest BCUT2D eigenvalue weighted by molar-refractivity contribution is -0.655. The van der Waals surface area contributed by atoms with Gasteiger partial charge in [0.05, 0.1) is 25.1 Å². The molecule has 3 rings (SSSR count). The average Bonchev–Trinajstić information content (AvgIpc) is 2.98. The molecule has 0 aliphatic heterocycles. The molecule has 0 amide bonds. The van der Waals surface area contributed by atoms with Gasteiger partial charge in [-0.1, -0.05) is 6.07 Å². The number of halogens is 2. The van der Waals surface area contributed by atoms with Crippen molar-refractivity contribution in [2.75, 3.05) is 16.2 Å². The summed E-state index contributed by atoms with van der Waals surface area (Å²) in [5.41, 5.74) is 8.26. The van der Waals surface area contributed by atoms with Crippen LogP contribution in [0.25, 0.3) is 0 Å². The van der Waals surface area contributed by atoms with Crippen molar-refractivity contribution in [1.29, 1.82) is 0 Å². The van der Waals surface area contributed by atoms with Crippen molar-refractivity contribution in [2.24, 2.45) is 7.05 Å². The lowest BCUT2D eigenvalue weighted by atomic mass is 10.2. The standard InChI is InChI=1S/C17H17F2N5/c1-24-9-8-20-17(24)23-22-15-6-4-14(5-7-15)21-11-12-2-3-13(18)10-16(12)19/h2-10,21-22H,11H2,1H3,(H,20,23)/p+1. The Labute approximate surface area is 138 Å². The summed E-state index contributed by atoms with van der Waals surface area (Å²) in [6.07, 6.45) is 3.72. The number of aromatic amines is 1. The molecule has 0 atom stereocenters. The molecule has 0 saturated carbocycles. The van der Waals surface area contributed by atoms with Crippen molar-refractivity contribution < 1.29 is 13.3 Å². The van der Waals surface area contributed by atoms with Crippen molar-refractivity contribution >= 4 is 17.3 Å². The third-order valence-corrected chi connectivity index (χ3v) is 3.58. The van der Waals surface area contributed by atoms with Gasteiger partial charge in [-0.3, -0.25) is 5.43 Å².